The number of carbonyl (C=O) groups excluding carboxylic acids is 1. The van der Waals surface area contributed by atoms with Crippen LogP contribution < -0.4 is 0 Å². The van der Waals surface area contributed by atoms with Gasteiger partial charge in [-0.05, 0) is 19.1 Å². The molecule has 0 saturated carbocycles. The smallest absolute Gasteiger partial charge is 0.264 e. The van der Waals surface area contributed by atoms with Crippen molar-refractivity contribution in [1.82, 2.24) is 0 Å². The Morgan fingerprint density at radius 3 is 2.54 bits per heavy atom. The highest BCUT2D eigenvalue weighted by atomic mass is 79.9. The van der Waals surface area contributed by atoms with Gasteiger partial charge >= 0.3 is 0 Å². The zero-order chi connectivity index (χ0) is 10.0. The van der Waals surface area contributed by atoms with Crippen molar-refractivity contribution in [3.8, 4) is 0 Å². The maximum absolute atomic E-state index is 12.3. The number of hydrogen-bond acceptors (Lipinski definition) is 1. The highest BCUT2D eigenvalue weighted by molar-refractivity contribution is 9.10. The second kappa shape index (κ2) is 3.96. The number of Topliss-reactive ketones (excluding diaryl/α,β-unsaturated/α-hetero) is 1. The number of benzene rings is 1. The van der Waals surface area contributed by atoms with E-state index in [1.165, 1.54) is 25.1 Å². The number of carbonyl (C=O) groups is 1. The van der Waals surface area contributed by atoms with Crippen molar-refractivity contribution in [2.24, 2.45) is 0 Å². The van der Waals surface area contributed by atoms with E-state index in [1.54, 1.807) is 0 Å². The van der Waals surface area contributed by atoms with Gasteiger partial charge < -0.3 is 0 Å². The van der Waals surface area contributed by atoms with Crippen LogP contribution in [0.4, 0.5) is 8.78 Å². The van der Waals surface area contributed by atoms with Crippen LogP contribution in [-0.4, -0.2) is 5.78 Å². The average Bonchev–Trinajstić information content (AvgIpc) is 2.04. The molecular weight excluding hydrogens is 242 g/mol. The molecule has 4 heteroatoms. The fraction of sp³-hybridized carbons (Fsp3) is 0.222. The molecule has 0 bridgehead atoms. The fourth-order valence-electron chi connectivity index (χ4n) is 0.930. The minimum absolute atomic E-state index is 0.146. The van der Waals surface area contributed by atoms with Gasteiger partial charge in [-0.25, -0.2) is 8.78 Å². The molecule has 0 atom stereocenters. The lowest BCUT2D eigenvalue weighted by atomic mass is 10.1. The lowest BCUT2D eigenvalue weighted by molar-refractivity contribution is 0.101. The van der Waals surface area contributed by atoms with Gasteiger partial charge in [-0.15, -0.1) is 0 Å². The summed E-state index contributed by atoms with van der Waals surface area (Å²) in [7, 11) is 0. The quantitative estimate of drug-likeness (QED) is 0.732. The van der Waals surface area contributed by atoms with Crippen LogP contribution in [0, 0.1) is 0 Å². The van der Waals surface area contributed by atoms with Gasteiger partial charge in [0.1, 0.15) is 0 Å². The summed E-state index contributed by atoms with van der Waals surface area (Å²) < 4.78 is 25.0. The summed E-state index contributed by atoms with van der Waals surface area (Å²) in [5.74, 6) is -0.214. The molecule has 0 fully saturated rings. The molecule has 0 N–H and O–H groups in total. The zero-order valence-corrected chi connectivity index (χ0v) is 8.44. The monoisotopic (exact) mass is 248 g/mol. The van der Waals surface area contributed by atoms with E-state index < -0.39 is 6.43 Å². The summed E-state index contributed by atoms with van der Waals surface area (Å²) in [5, 5.41) is 0. The predicted molar refractivity (Wildman–Crippen MR) is 49.1 cm³/mol. The van der Waals surface area contributed by atoms with Crippen LogP contribution in [0.1, 0.15) is 29.3 Å². The van der Waals surface area contributed by atoms with E-state index in [1.807, 2.05) is 0 Å². The van der Waals surface area contributed by atoms with Crippen LogP contribution >= 0.6 is 15.9 Å². The number of hydrogen-bond donors (Lipinski definition) is 0. The van der Waals surface area contributed by atoms with Crippen LogP contribution in [0.25, 0.3) is 0 Å². The molecule has 1 rings (SSSR count). The highest BCUT2D eigenvalue weighted by Gasteiger charge is 2.13. The standard InChI is InChI=1S/C9H7BrF2O/c1-5(13)6-2-3-8(10)7(4-6)9(11)12/h2-4,9H,1H3. The van der Waals surface area contributed by atoms with Gasteiger partial charge in [0.05, 0.1) is 0 Å². The zero-order valence-electron chi connectivity index (χ0n) is 6.85. The molecule has 0 spiro atoms. The van der Waals surface area contributed by atoms with Crippen molar-refractivity contribution in [2.45, 2.75) is 13.3 Å². The Bertz CT molecular complexity index is 336. The summed E-state index contributed by atoms with van der Waals surface area (Å²) >= 11 is 2.99. The third kappa shape index (κ3) is 2.34. The Morgan fingerprint density at radius 1 is 1.46 bits per heavy atom. The number of ketones is 1. The van der Waals surface area contributed by atoms with Gasteiger partial charge in [0.15, 0.2) is 5.78 Å². The van der Waals surface area contributed by atoms with Gasteiger partial charge in [0.25, 0.3) is 6.43 Å². The lowest BCUT2D eigenvalue weighted by Crippen LogP contribution is -1.95. The Hall–Kier alpha value is -0.770. The number of alkyl halides is 2. The van der Waals surface area contributed by atoms with Gasteiger partial charge in [0, 0.05) is 15.6 Å². The molecular formula is C9H7BrF2O. The molecule has 0 saturated heterocycles. The van der Waals surface area contributed by atoms with E-state index in [0.29, 0.717) is 10.0 Å². The molecule has 0 unspecified atom stereocenters. The minimum Gasteiger partial charge on any atom is -0.295 e. The van der Waals surface area contributed by atoms with Gasteiger partial charge in [0.2, 0.25) is 0 Å². The maximum Gasteiger partial charge on any atom is 0.264 e. The Morgan fingerprint density at radius 2 is 2.08 bits per heavy atom. The molecule has 13 heavy (non-hydrogen) atoms. The molecule has 0 aromatic heterocycles. The summed E-state index contributed by atoms with van der Waals surface area (Å²) in [5.41, 5.74) is 0.159. The van der Waals surface area contributed by atoms with Crippen molar-refractivity contribution >= 4 is 21.7 Å². The predicted octanol–water partition coefficient (Wildman–Crippen LogP) is 3.59. The van der Waals surface area contributed by atoms with E-state index in [0.717, 1.165) is 0 Å². The Labute approximate surface area is 82.9 Å². The summed E-state index contributed by atoms with van der Waals surface area (Å²) in [6, 6.07) is 4.17. The van der Waals surface area contributed by atoms with E-state index in [9.17, 15) is 13.6 Å². The van der Waals surface area contributed by atoms with Crippen molar-refractivity contribution in [1.29, 1.82) is 0 Å². The first-order chi connectivity index (χ1) is 6.02. The van der Waals surface area contributed by atoms with Crippen molar-refractivity contribution in [3.05, 3.63) is 33.8 Å². The van der Waals surface area contributed by atoms with E-state index in [4.69, 9.17) is 0 Å². The minimum atomic E-state index is -2.56. The molecule has 0 aliphatic rings. The largest absolute Gasteiger partial charge is 0.295 e. The fourth-order valence-corrected chi connectivity index (χ4v) is 1.35. The molecule has 1 aromatic rings. The highest BCUT2D eigenvalue weighted by Crippen LogP contribution is 2.28. The molecule has 1 aromatic carbocycles. The average molecular weight is 249 g/mol. The van der Waals surface area contributed by atoms with Crippen LogP contribution in [0.15, 0.2) is 22.7 Å². The van der Waals surface area contributed by atoms with Gasteiger partial charge in [-0.3, -0.25) is 4.79 Å². The lowest BCUT2D eigenvalue weighted by Gasteiger charge is -2.04. The van der Waals surface area contributed by atoms with E-state index >= 15 is 0 Å². The van der Waals surface area contributed by atoms with Gasteiger partial charge in [-0.1, -0.05) is 22.0 Å². The van der Waals surface area contributed by atoms with Crippen LogP contribution in [0.3, 0.4) is 0 Å². The Kier molecular flexibility index (Phi) is 3.14. The van der Waals surface area contributed by atoms with Crippen molar-refractivity contribution in [3.63, 3.8) is 0 Å². The maximum atomic E-state index is 12.3. The molecule has 0 radical (unpaired) electrons. The first-order valence-corrected chi connectivity index (χ1v) is 4.40. The second-order valence-electron chi connectivity index (χ2n) is 2.59. The third-order valence-corrected chi connectivity index (χ3v) is 2.36. The molecule has 1 nitrogen and oxygen atoms in total. The van der Waals surface area contributed by atoms with E-state index in [-0.39, 0.29) is 11.3 Å². The molecule has 70 valence electrons. The van der Waals surface area contributed by atoms with Crippen LogP contribution in [0.5, 0.6) is 0 Å². The topological polar surface area (TPSA) is 17.1 Å². The second-order valence-corrected chi connectivity index (χ2v) is 3.45. The normalized spacial score (nSPS) is 10.5. The molecule has 0 heterocycles. The van der Waals surface area contributed by atoms with Gasteiger partial charge in [-0.2, -0.15) is 0 Å². The summed E-state index contributed by atoms with van der Waals surface area (Å²) in [4.78, 5) is 10.9. The first kappa shape index (κ1) is 10.3. The molecule has 0 aliphatic carbocycles. The SMILES string of the molecule is CC(=O)c1ccc(Br)c(C(F)F)c1. The summed E-state index contributed by atoms with van der Waals surface area (Å²) in [6.45, 7) is 1.35. The molecule has 0 aliphatic heterocycles. The van der Waals surface area contributed by atoms with E-state index in [2.05, 4.69) is 15.9 Å². The third-order valence-electron chi connectivity index (χ3n) is 1.64. The molecule has 0 amide bonds. The Balaban J connectivity index is 3.19. The summed E-state index contributed by atoms with van der Waals surface area (Å²) in [6.07, 6.45) is -2.56. The van der Waals surface area contributed by atoms with Crippen LogP contribution in [0.2, 0.25) is 0 Å². The first-order valence-electron chi connectivity index (χ1n) is 3.61. The van der Waals surface area contributed by atoms with Crippen LogP contribution in [-0.2, 0) is 0 Å². The number of rotatable bonds is 2. The number of halogens is 3. The van der Waals surface area contributed by atoms with Crippen molar-refractivity contribution < 1.29 is 13.6 Å². The van der Waals surface area contributed by atoms with Crippen molar-refractivity contribution in [2.75, 3.05) is 0 Å².